The highest BCUT2D eigenvalue weighted by Gasteiger charge is 2.10. The lowest BCUT2D eigenvalue weighted by Gasteiger charge is -2.22. The van der Waals surface area contributed by atoms with Crippen molar-refractivity contribution in [2.45, 2.75) is 27.2 Å². The minimum absolute atomic E-state index is 0.0851. The first-order valence-electron chi connectivity index (χ1n) is 6.46. The topological polar surface area (TPSA) is 36.3 Å². The van der Waals surface area contributed by atoms with Crippen LogP contribution in [-0.2, 0) is 0 Å². The van der Waals surface area contributed by atoms with Gasteiger partial charge >= 0.3 is 0 Å². The van der Waals surface area contributed by atoms with Crippen molar-refractivity contribution in [2.24, 2.45) is 5.92 Å². The standard InChI is InChI=1S/C15H22N2O/c1-5-13(10-16)11-17(4)14-7-8-15(18-6-2)12(3)9-14/h7-9,13H,5-6,11H2,1-4H3. The zero-order valence-electron chi connectivity index (χ0n) is 11.7. The molecule has 0 bridgehead atoms. The van der Waals surface area contributed by atoms with Gasteiger partial charge in [0.25, 0.3) is 0 Å². The molecule has 1 aromatic rings. The van der Waals surface area contributed by atoms with Crippen molar-refractivity contribution in [3.05, 3.63) is 23.8 Å². The molecule has 0 N–H and O–H groups in total. The predicted molar refractivity (Wildman–Crippen MR) is 75.0 cm³/mol. The fraction of sp³-hybridized carbons (Fsp3) is 0.533. The van der Waals surface area contributed by atoms with Gasteiger partial charge in [0.2, 0.25) is 0 Å². The molecule has 0 saturated heterocycles. The van der Waals surface area contributed by atoms with E-state index in [-0.39, 0.29) is 5.92 Å². The smallest absolute Gasteiger partial charge is 0.122 e. The van der Waals surface area contributed by atoms with Gasteiger partial charge in [-0.1, -0.05) is 6.92 Å². The third-order valence-electron chi connectivity index (χ3n) is 3.07. The van der Waals surface area contributed by atoms with Gasteiger partial charge in [0, 0.05) is 19.3 Å². The van der Waals surface area contributed by atoms with Crippen molar-refractivity contribution >= 4 is 5.69 Å². The maximum absolute atomic E-state index is 8.99. The van der Waals surface area contributed by atoms with Crippen LogP contribution in [0.25, 0.3) is 0 Å². The Kier molecular flexibility index (Phi) is 5.51. The van der Waals surface area contributed by atoms with E-state index in [1.165, 1.54) is 0 Å². The van der Waals surface area contributed by atoms with Gasteiger partial charge in [-0.25, -0.2) is 0 Å². The van der Waals surface area contributed by atoms with E-state index in [0.29, 0.717) is 6.61 Å². The molecule has 18 heavy (non-hydrogen) atoms. The monoisotopic (exact) mass is 246 g/mol. The molecule has 0 fully saturated rings. The van der Waals surface area contributed by atoms with Gasteiger partial charge in [-0.15, -0.1) is 0 Å². The summed E-state index contributed by atoms with van der Waals surface area (Å²) in [5.74, 6) is 1.02. The number of rotatable bonds is 6. The average Bonchev–Trinajstić information content (AvgIpc) is 2.38. The first-order valence-corrected chi connectivity index (χ1v) is 6.46. The van der Waals surface area contributed by atoms with Gasteiger partial charge < -0.3 is 9.64 Å². The van der Waals surface area contributed by atoms with Crippen LogP contribution in [0.2, 0.25) is 0 Å². The molecule has 0 radical (unpaired) electrons. The van der Waals surface area contributed by atoms with E-state index in [1.54, 1.807) is 0 Å². The van der Waals surface area contributed by atoms with Crippen LogP contribution in [0.1, 0.15) is 25.8 Å². The SMILES string of the molecule is CCOc1ccc(N(C)CC(C#N)CC)cc1C. The fourth-order valence-corrected chi connectivity index (χ4v) is 1.89. The van der Waals surface area contributed by atoms with Crippen molar-refractivity contribution in [1.29, 1.82) is 5.26 Å². The van der Waals surface area contributed by atoms with Crippen LogP contribution in [-0.4, -0.2) is 20.2 Å². The molecule has 0 aliphatic heterocycles. The summed E-state index contributed by atoms with van der Waals surface area (Å²) < 4.78 is 5.52. The van der Waals surface area contributed by atoms with Gasteiger partial charge in [-0.3, -0.25) is 0 Å². The molecule has 0 saturated carbocycles. The van der Waals surface area contributed by atoms with E-state index in [9.17, 15) is 0 Å². The quantitative estimate of drug-likeness (QED) is 0.772. The number of benzene rings is 1. The second-order valence-corrected chi connectivity index (χ2v) is 4.50. The Morgan fingerprint density at radius 3 is 2.61 bits per heavy atom. The van der Waals surface area contributed by atoms with Gasteiger partial charge in [-0.05, 0) is 44.0 Å². The summed E-state index contributed by atoms with van der Waals surface area (Å²) in [6.45, 7) is 7.52. The molecule has 0 aromatic heterocycles. The van der Waals surface area contributed by atoms with Gasteiger partial charge in [0.05, 0.1) is 18.6 Å². The average molecular weight is 246 g/mol. The van der Waals surface area contributed by atoms with Crippen LogP contribution < -0.4 is 9.64 Å². The second kappa shape index (κ2) is 6.90. The van der Waals surface area contributed by atoms with Crippen LogP contribution in [0, 0.1) is 24.2 Å². The van der Waals surface area contributed by atoms with E-state index < -0.39 is 0 Å². The molecule has 98 valence electrons. The fourth-order valence-electron chi connectivity index (χ4n) is 1.89. The lowest BCUT2D eigenvalue weighted by molar-refractivity contribution is 0.338. The molecule has 1 unspecified atom stereocenters. The summed E-state index contributed by atoms with van der Waals surface area (Å²) in [4.78, 5) is 2.13. The number of nitriles is 1. The number of hydrogen-bond acceptors (Lipinski definition) is 3. The van der Waals surface area contributed by atoms with Crippen molar-refractivity contribution in [3.8, 4) is 11.8 Å². The third-order valence-corrected chi connectivity index (χ3v) is 3.07. The Labute approximate surface area is 110 Å². The molecule has 0 aliphatic carbocycles. The summed E-state index contributed by atoms with van der Waals surface area (Å²) in [5, 5.41) is 8.99. The molecule has 1 aromatic carbocycles. The molecular weight excluding hydrogens is 224 g/mol. The highest BCUT2D eigenvalue weighted by atomic mass is 16.5. The first-order chi connectivity index (χ1) is 8.62. The highest BCUT2D eigenvalue weighted by Crippen LogP contribution is 2.24. The third kappa shape index (κ3) is 3.66. The summed E-state index contributed by atoms with van der Waals surface area (Å²) >= 11 is 0. The Balaban J connectivity index is 2.78. The van der Waals surface area contributed by atoms with E-state index in [1.807, 2.05) is 40.0 Å². The van der Waals surface area contributed by atoms with Crippen molar-refractivity contribution < 1.29 is 4.74 Å². The lowest BCUT2D eigenvalue weighted by atomic mass is 10.1. The van der Waals surface area contributed by atoms with E-state index >= 15 is 0 Å². The Bertz CT molecular complexity index is 423. The van der Waals surface area contributed by atoms with E-state index in [2.05, 4.69) is 17.0 Å². The zero-order valence-corrected chi connectivity index (χ0v) is 11.7. The number of anilines is 1. The molecule has 0 spiro atoms. The number of hydrogen-bond donors (Lipinski definition) is 0. The molecule has 0 aliphatic rings. The largest absolute Gasteiger partial charge is 0.494 e. The van der Waals surface area contributed by atoms with Crippen LogP contribution in [0.4, 0.5) is 5.69 Å². The summed E-state index contributed by atoms with van der Waals surface area (Å²) in [6.07, 6.45) is 0.886. The molecule has 0 heterocycles. The summed E-state index contributed by atoms with van der Waals surface area (Å²) in [7, 11) is 2.02. The van der Waals surface area contributed by atoms with Crippen LogP contribution in [0.5, 0.6) is 5.75 Å². The van der Waals surface area contributed by atoms with Gasteiger partial charge in [0.1, 0.15) is 5.75 Å². The highest BCUT2D eigenvalue weighted by molar-refractivity contribution is 5.52. The van der Waals surface area contributed by atoms with Crippen molar-refractivity contribution in [3.63, 3.8) is 0 Å². The van der Waals surface area contributed by atoms with E-state index in [4.69, 9.17) is 10.00 Å². The normalized spacial score (nSPS) is 11.7. The molecule has 3 heteroatoms. The van der Waals surface area contributed by atoms with Crippen LogP contribution >= 0.6 is 0 Å². The van der Waals surface area contributed by atoms with Crippen LogP contribution in [0.15, 0.2) is 18.2 Å². The van der Waals surface area contributed by atoms with Gasteiger partial charge in [-0.2, -0.15) is 5.26 Å². The maximum Gasteiger partial charge on any atom is 0.122 e. The lowest BCUT2D eigenvalue weighted by Crippen LogP contribution is -2.24. The maximum atomic E-state index is 8.99. The predicted octanol–water partition coefficient (Wildman–Crippen LogP) is 3.38. The summed E-state index contributed by atoms with van der Waals surface area (Å²) in [6, 6.07) is 8.48. The van der Waals surface area contributed by atoms with E-state index in [0.717, 1.165) is 30.0 Å². The molecule has 1 atom stereocenters. The Morgan fingerprint density at radius 1 is 1.39 bits per heavy atom. The molecule has 1 rings (SSSR count). The Hall–Kier alpha value is -1.69. The number of aryl methyl sites for hydroxylation is 1. The number of ether oxygens (including phenoxy) is 1. The zero-order chi connectivity index (χ0) is 13.5. The molecule has 3 nitrogen and oxygen atoms in total. The Morgan fingerprint density at radius 2 is 2.11 bits per heavy atom. The second-order valence-electron chi connectivity index (χ2n) is 4.50. The number of nitrogens with zero attached hydrogens (tertiary/aromatic N) is 2. The van der Waals surface area contributed by atoms with Crippen molar-refractivity contribution in [2.75, 3.05) is 25.1 Å². The van der Waals surface area contributed by atoms with Crippen molar-refractivity contribution in [1.82, 2.24) is 0 Å². The molecule has 0 amide bonds. The van der Waals surface area contributed by atoms with Crippen LogP contribution in [0.3, 0.4) is 0 Å². The first kappa shape index (κ1) is 14.4. The van der Waals surface area contributed by atoms with Gasteiger partial charge in [0.15, 0.2) is 0 Å². The molecular formula is C15H22N2O. The minimum atomic E-state index is 0.0851. The summed E-state index contributed by atoms with van der Waals surface area (Å²) in [5.41, 5.74) is 2.26. The minimum Gasteiger partial charge on any atom is -0.494 e.